The van der Waals surface area contributed by atoms with Crippen LogP contribution >= 0.6 is 0 Å². The van der Waals surface area contributed by atoms with E-state index in [9.17, 15) is 9.90 Å². The third kappa shape index (κ3) is 3.17. The van der Waals surface area contributed by atoms with Gasteiger partial charge < -0.3 is 14.7 Å². The molecule has 122 valence electrons. The number of amides is 1. The molecule has 0 radical (unpaired) electrons. The average Bonchev–Trinajstić information content (AvgIpc) is 2.94. The first-order valence-corrected chi connectivity index (χ1v) is 8.16. The van der Waals surface area contributed by atoms with Crippen LogP contribution in [0.2, 0.25) is 0 Å². The highest BCUT2D eigenvalue weighted by molar-refractivity contribution is 5.76. The molecule has 2 saturated heterocycles. The summed E-state index contributed by atoms with van der Waals surface area (Å²) in [4.78, 5) is 14.2. The lowest BCUT2D eigenvalue weighted by atomic mass is 9.82. The first kappa shape index (κ1) is 15.5. The van der Waals surface area contributed by atoms with E-state index in [1.165, 1.54) is 0 Å². The van der Waals surface area contributed by atoms with Crippen LogP contribution in [0.4, 0.5) is 0 Å². The summed E-state index contributed by atoms with van der Waals surface area (Å²) in [5.74, 6) is 0.184. The van der Waals surface area contributed by atoms with Crippen molar-refractivity contribution in [2.75, 3.05) is 19.7 Å². The van der Waals surface area contributed by atoms with E-state index >= 15 is 0 Å². The van der Waals surface area contributed by atoms with Crippen LogP contribution in [-0.2, 0) is 23.0 Å². The van der Waals surface area contributed by atoms with E-state index in [2.05, 4.69) is 5.10 Å². The maximum Gasteiger partial charge on any atom is 0.222 e. The largest absolute Gasteiger partial charge is 0.390 e. The number of aliphatic hydroxyl groups excluding tert-OH is 1. The third-order valence-corrected chi connectivity index (χ3v) is 4.97. The van der Waals surface area contributed by atoms with Crippen LogP contribution in [0.5, 0.6) is 0 Å². The Kier molecular flexibility index (Phi) is 4.49. The summed E-state index contributed by atoms with van der Waals surface area (Å²) in [6, 6.07) is 0. The van der Waals surface area contributed by atoms with Crippen LogP contribution in [0.3, 0.4) is 0 Å². The second kappa shape index (κ2) is 6.38. The van der Waals surface area contributed by atoms with Crippen molar-refractivity contribution in [3.05, 3.63) is 18.0 Å². The first-order chi connectivity index (χ1) is 10.6. The second-order valence-electron chi connectivity index (χ2n) is 6.47. The monoisotopic (exact) mass is 307 g/mol. The van der Waals surface area contributed by atoms with Crippen LogP contribution in [0.15, 0.2) is 12.4 Å². The lowest BCUT2D eigenvalue weighted by Gasteiger charge is -2.46. The third-order valence-electron chi connectivity index (χ3n) is 4.97. The fourth-order valence-electron chi connectivity index (χ4n) is 3.53. The van der Waals surface area contributed by atoms with Gasteiger partial charge in [-0.15, -0.1) is 0 Å². The molecule has 2 aliphatic rings. The summed E-state index contributed by atoms with van der Waals surface area (Å²) in [6.45, 7) is 2.10. The van der Waals surface area contributed by atoms with Gasteiger partial charge in [-0.3, -0.25) is 9.48 Å². The molecule has 2 fully saturated rings. The normalized spacial score (nSPS) is 24.6. The number of hydrogen-bond acceptors (Lipinski definition) is 4. The topological polar surface area (TPSA) is 67.6 Å². The van der Waals surface area contributed by atoms with Crippen molar-refractivity contribution in [1.82, 2.24) is 14.7 Å². The van der Waals surface area contributed by atoms with Crippen LogP contribution in [0, 0.1) is 0 Å². The predicted molar refractivity (Wildman–Crippen MR) is 81.3 cm³/mol. The Morgan fingerprint density at radius 1 is 1.50 bits per heavy atom. The van der Waals surface area contributed by atoms with Crippen LogP contribution in [0.25, 0.3) is 0 Å². The fourth-order valence-corrected chi connectivity index (χ4v) is 3.53. The number of carbonyl (C=O) groups is 1. The zero-order valence-corrected chi connectivity index (χ0v) is 13.2. The summed E-state index contributed by atoms with van der Waals surface area (Å²) >= 11 is 0. The molecule has 1 aromatic rings. The van der Waals surface area contributed by atoms with Gasteiger partial charge in [0.1, 0.15) is 0 Å². The highest BCUT2D eigenvalue weighted by Gasteiger charge is 2.44. The molecule has 1 unspecified atom stereocenters. The molecule has 3 heterocycles. The zero-order valence-electron chi connectivity index (χ0n) is 13.2. The van der Waals surface area contributed by atoms with Gasteiger partial charge in [-0.25, -0.2) is 0 Å². The van der Waals surface area contributed by atoms with Crippen LogP contribution < -0.4 is 0 Å². The van der Waals surface area contributed by atoms with E-state index in [4.69, 9.17) is 4.74 Å². The Balaban J connectivity index is 1.49. The van der Waals surface area contributed by atoms with Crippen LogP contribution in [0.1, 0.15) is 37.7 Å². The molecule has 3 rings (SSSR count). The molecule has 0 aromatic carbocycles. The Hall–Kier alpha value is -1.40. The van der Waals surface area contributed by atoms with E-state index in [-0.39, 0.29) is 12.0 Å². The van der Waals surface area contributed by atoms with Crippen molar-refractivity contribution >= 4 is 5.91 Å². The number of likely N-dealkylation sites (tertiary alicyclic amines) is 1. The molecular weight excluding hydrogens is 282 g/mol. The quantitative estimate of drug-likeness (QED) is 0.900. The molecule has 6 nitrogen and oxygen atoms in total. The minimum absolute atomic E-state index is 0.184. The molecule has 1 aromatic heterocycles. The molecular formula is C16H25N3O3. The van der Waals surface area contributed by atoms with Crippen molar-refractivity contribution in [1.29, 1.82) is 0 Å². The van der Waals surface area contributed by atoms with Crippen molar-refractivity contribution in [3.63, 3.8) is 0 Å². The van der Waals surface area contributed by atoms with Crippen molar-refractivity contribution in [2.24, 2.45) is 7.05 Å². The number of carbonyl (C=O) groups excluding carboxylic acids is 1. The standard InChI is InChI=1S/C16H25N3O3/c1-18-12-13(11-17-18)4-5-15(21)19-8-6-16(7-9-19)14(20)3-2-10-22-16/h11-12,14,20H,2-10H2,1H3. The summed E-state index contributed by atoms with van der Waals surface area (Å²) in [7, 11) is 1.88. The van der Waals surface area contributed by atoms with Gasteiger partial charge in [-0.05, 0) is 37.7 Å². The maximum atomic E-state index is 12.3. The molecule has 1 N–H and O–H groups in total. The van der Waals surface area contributed by atoms with Gasteiger partial charge in [0.25, 0.3) is 0 Å². The zero-order chi connectivity index (χ0) is 15.6. The number of aliphatic hydroxyl groups is 1. The molecule has 2 aliphatic heterocycles. The first-order valence-electron chi connectivity index (χ1n) is 8.16. The highest BCUT2D eigenvalue weighted by Crippen LogP contribution is 2.35. The Bertz CT molecular complexity index is 520. The Morgan fingerprint density at radius 2 is 2.27 bits per heavy atom. The number of rotatable bonds is 3. The number of hydrogen-bond donors (Lipinski definition) is 1. The van der Waals surface area contributed by atoms with E-state index < -0.39 is 5.60 Å². The van der Waals surface area contributed by atoms with Crippen molar-refractivity contribution in [3.8, 4) is 0 Å². The molecule has 22 heavy (non-hydrogen) atoms. The van der Waals surface area contributed by atoms with Gasteiger partial charge >= 0.3 is 0 Å². The Labute approximate surface area is 131 Å². The van der Waals surface area contributed by atoms with Gasteiger partial charge in [-0.1, -0.05) is 0 Å². The molecule has 1 spiro atoms. The molecule has 6 heteroatoms. The van der Waals surface area contributed by atoms with Gasteiger partial charge in [0.2, 0.25) is 5.91 Å². The second-order valence-corrected chi connectivity index (χ2v) is 6.47. The summed E-state index contributed by atoms with van der Waals surface area (Å²) in [5.41, 5.74) is 0.689. The molecule has 0 bridgehead atoms. The summed E-state index contributed by atoms with van der Waals surface area (Å²) in [5, 5.41) is 14.3. The molecule has 1 atom stereocenters. The summed E-state index contributed by atoms with van der Waals surface area (Å²) in [6.07, 6.45) is 7.85. The average molecular weight is 307 g/mol. The van der Waals surface area contributed by atoms with E-state index in [0.29, 0.717) is 19.5 Å². The number of nitrogens with zero attached hydrogens (tertiary/aromatic N) is 3. The SMILES string of the molecule is Cn1cc(CCC(=O)N2CCC3(CC2)OCCCC3O)cn1. The predicted octanol–water partition coefficient (Wildman–Crippen LogP) is 0.885. The fraction of sp³-hybridized carbons (Fsp3) is 0.750. The van der Waals surface area contributed by atoms with Crippen molar-refractivity contribution in [2.45, 2.75) is 50.2 Å². The van der Waals surface area contributed by atoms with E-state index in [0.717, 1.165) is 44.3 Å². The van der Waals surface area contributed by atoms with Gasteiger partial charge in [-0.2, -0.15) is 5.10 Å². The Morgan fingerprint density at radius 3 is 2.91 bits per heavy atom. The molecule has 1 amide bonds. The molecule has 0 saturated carbocycles. The maximum absolute atomic E-state index is 12.3. The van der Waals surface area contributed by atoms with Crippen LogP contribution in [-0.4, -0.2) is 57.1 Å². The minimum Gasteiger partial charge on any atom is -0.390 e. The lowest BCUT2D eigenvalue weighted by molar-refractivity contribution is -0.179. The van der Waals surface area contributed by atoms with E-state index in [1.807, 2.05) is 24.3 Å². The minimum atomic E-state index is -0.404. The highest BCUT2D eigenvalue weighted by atomic mass is 16.5. The lowest BCUT2D eigenvalue weighted by Crippen LogP contribution is -2.56. The van der Waals surface area contributed by atoms with Crippen molar-refractivity contribution < 1.29 is 14.6 Å². The number of piperidine rings is 1. The number of ether oxygens (including phenoxy) is 1. The number of aromatic nitrogens is 2. The van der Waals surface area contributed by atoms with E-state index in [1.54, 1.807) is 4.68 Å². The van der Waals surface area contributed by atoms with Gasteiger partial charge in [0.15, 0.2) is 0 Å². The molecule has 0 aliphatic carbocycles. The summed E-state index contributed by atoms with van der Waals surface area (Å²) < 4.78 is 7.64. The smallest absolute Gasteiger partial charge is 0.222 e. The van der Waals surface area contributed by atoms with Gasteiger partial charge in [0, 0.05) is 39.4 Å². The number of aryl methyl sites for hydroxylation is 2. The van der Waals surface area contributed by atoms with Gasteiger partial charge in [0.05, 0.1) is 17.9 Å².